The summed E-state index contributed by atoms with van der Waals surface area (Å²) >= 11 is 0. The number of hydrogen-bond donors (Lipinski definition) is 3. The zero-order valence-corrected chi connectivity index (χ0v) is 9.36. The lowest BCUT2D eigenvalue weighted by molar-refractivity contribution is -0.140. The first-order valence-corrected chi connectivity index (χ1v) is 5.36. The van der Waals surface area contributed by atoms with Gasteiger partial charge in [-0.1, -0.05) is 0 Å². The Morgan fingerprint density at radius 2 is 2.38 bits per heavy atom. The fraction of sp³-hybridized carbons (Fsp3) is 0.800. The highest BCUT2D eigenvalue weighted by Gasteiger charge is 2.23. The number of amides is 1. The predicted octanol–water partition coefficient (Wildman–Crippen LogP) is -0.798. The number of carbonyl (C=O) groups excluding carboxylic acids is 1. The van der Waals surface area contributed by atoms with Gasteiger partial charge in [0.05, 0.1) is 18.4 Å². The van der Waals surface area contributed by atoms with Crippen LogP contribution in [0.25, 0.3) is 0 Å². The molecule has 1 amide bonds. The summed E-state index contributed by atoms with van der Waals surface area (Å²) in [4.78, 5) is 22.1. The SMILES string of the molecule is COC(CNC(=O)C1CCNC1)CC(=O)O. The number of aliphatic carboxylic acids is 1. The van der Waals surface area contributed by atoms with Crippen molar-refractivity contribution in [3.63, 3.8) is 0 Å². The van der Waals surface area contributed by atoms with Gasteiger partial charge in [-0.2, -0.15) is 0 Å². The molecule has 1 aliphatic rings. The third kappa shape index (κ3) is 4.16. The van der Waals surface area contributed by atoms with Gasteiger partial charge in [-0.3, -0.25) is 9.59 Å². The first kappa shape index (κ1) is 12.9. The molecule has 1 heterocycles. The molecule has 2 atom stereocenters. The van der Waals surface area contributed by atoms with Crippen molar-refractivity contribution in [1.82, 2.24) is 10.6 Å². The number of carboxylic acids is 1. The van der Waals surface area contributed by atoms with Gasteiger partial charge in [0.15, 0.2) is 0 Å². The highest BCUT2D eigenvalue weighted by Crippen LogP contribution is 2.07. The molecule has 1 rings (SSSR count). The maximum absolute atomic E-state index is 11.6. The Kier molecular flexibility index (Phi) is 5.21. The van der Waals surface area contributed by atoms with Crippen LogP contribution in [0.5, 0.6) is 0 Å². The molecule has 6 nitrogen and oxygen atoms in total. The molecule has 3 N–H and O–H groups in total. The van der Waals surface area contributed by atoms with Gasteiger partial charge in [-0.05, 0) is 13.0 Å². The topological polar surface area (TPSA) is 87.7 Å². The summed E-state index contributed by atoms with van der Waals surface area (Å²) in [7, 11) is 1.44. The average molecular weight is 230 g/mol. The standard InChI is InChI=1S/C10H18N2O4/c1-16-8(4-9(13)14)6-12-10(15)7-2-3-11-5-7/h7-8,11H,2-6H2,1H3,(H,12,15)(H,13,14). The number of rotatable bonds is 6. The van der Waals surface area contributed by atoms with Crippen molar-refractivity contribution in [3.05, 3.63) is 0 Å². The maximum atomic E-state index is 11.6. The minimum atomic E-state index is -0.927. The summed E-state index contributed by atoms with van der Waals surface area (Å²) in [6.45, 7) is 1.81. The molecule has 0 aromatic carbocycles. The summed E-state index contributed by atoms with van der Waals surface area (Å²) in [6, 6.07) is 0. The zero-order chi connectivity index (χ0) is 12.0. The normalized spacial score (nSPS) is 21.7. The van der Waals surface area contributed by atoms with Gasteiger partial charge in [0, 0.05) is 20.2 Å². The van der Waals surface area contributed by atoms with Gasteiger partial charge in [0.25, 0.3) is 0 Å². The predicted molar refractivity (Wildman–Crippen MR) is 57.0 cm³/mol. The Morgan fingerprint density at radius 3 is 2.88 bits per heavy atom. The second-order valence-corrected chi connectivity index (χ2v) is 3.89. The second-order valence-electron chi connectivity index (χ2n) is 3.89. The first-order valence-electron chi connectivity index (χ1n) is 5.36. The Morgan fingerprint density at radius 1 is 1.62 bits per heavy atom. The lowest BCUT2D eigenvalue weighted by Gasteiger charge is -2.15. The third-order valence-corrected chi connectivity index (χ3v) is 2.67. The van der Waals surface area contributed by atoms with Crippen molar-refractivity contribution < 1.29 is 19.4 Å². The molecule has 92 valence electrons. The minimum Gasteiger partial charge on any atom is -0.481 e. The summed E-state index contributed by atoms with van der Waals surface area (Å²) in [6.07, 6.45) is 0.276. The van der Waals surface area contributed by atoms with E-state index in [0.717, 1.165) is 13.0 Å². The Hall–Kier alpha value is -1.14. The molecule has 6 heteroatoms. The lowest BCUT2D eigenvalue weighted by Crippen LogP contribution is -2.38. The van der Waals surface area contributed by atoms with E-state index in [9.17, 15) is 9.59 Å². The summed E-state index contributed by atoms with van der Waals surface area (Å²) in [5.41, 5.74) is 0. The summed E-state index contributed by atoms with van der Waals surface area (Å²) in [5.74, 6) is -0.955. The van der Waals surface area contributed by atoms with E-state index in [4.69, 9.17) is 9.84 Å². The molecular formula is C10H18N2O4. The molecule has 1 saturated heterocycles. The summed E-state index contributed by atoms with van der Waals surface area (Å²) in [5, 5.41) is 14.4. The first-order chi connectivity index (χ1) is 7.63. The van der Waals surface area contributed by atoms with Crippen LogP contribution in [0.4, 0.5) is 0 Å². The number of ether oxygens (including phenoxy) is 1. The molecule has 0 aromatic rings. The van der Waals surface area contributed by atoms with Crippen molar-refractivity contribution in [1.29, 1.82) is 0 Å². The van der Waals surface area contributed by atoms with E-state index in [0.29, 0.717) is 6.54 Å². The quantitative estimate of drug-likeness (QED) is 0.556. The molecule has 0 aromatic heterocycles. The van der Waals surface area contributed by atoms with Gasteiger partial charge in [0.1, 0.15) is 0 Å². The van der Waals surface area contributed by atoms with Crippen molar-refractivity contribution >= 4 is 11.9 Å². The van der Waals surface area contributed by atoms with Gasteiger partial charge in [-0.15, -0.1) is 0 Å². The fourth-order valence-corrected chi connectivity index (χ4v) is 1.67. The van der Waals surface area contributed by atoms with E-state index in [2.05, 4.69) is 10.6 Å². The van der Waals surface area contributed by atoms with Crippen molar-refractivity contribution in [2.24, 2.45) is 5.92 Å². The molecule has 2 unspecified atom stereocenters. The number of methoxy groups -OCH3 is 1. The van der Waals surface area contributed by atoms with Crippen LogP contribution in [0, 0.1) is 5.92 Å². The molecule has 0 saturated carbocycles. The minimum absolute atomic E-state index is 0.00216. The van der Waals surface area contributed by atoms with Crippen molar-refractivity contribution in [2.45, 2.75) is 18.9 Å². The Labute approximate surface area is 94.3 Å². The van der Waals surface area contributed by atoms with Crippen LogP contribution < -0.4 is 10.6 Å². The largest absolute Gasteiger partial charge is 0.481 e. The summed E-state index contributed by atoms with van der Waals surface area (Å²) < 4.78 is 4.96. The second kappa shape index (κ2) is 6.44. The van der Waals surface area contributed by atoms with Crippen LogP contribution >= 0.6 is 0 Å². The van der Waals surface area contributed by atoms with Crippen molar-refractivity contribution in [3.8, 4) is 0 Å². The van der Waals surface area contributed by atoms with Crippen LogP contribution in [0.3, 0.4) is 0 Å². The van der Waals surface area contributed by atoms with E-state index in [-0.39, 0.29) is 24.8 Å². The smallest absolute Gasteiger partial charge is 0.306 e. The molecular weight excluding hydrogens is 212 g/mol. The Balaban J connectivity index is 2.25. The molecule has 1 aliphatic heterocycles. The van der Waals surface area contributed by atoms with E-state index in [1.54, 1.807) is 0 Å². The average Bonchev–Trinajstić information content (AvgIpc) is 2.76. The molecule has 0 bridgehead atoms. The van der Waals surface area contributed by atoms with Gasteiger partial charge >= 0.3 is 5.97 Å². The van der Waals surface area contributed by atoms with Gasteiger partial charge < -0.3 is 20.5 Å². The lowest BCUT2D eigenvalue weighted by atomic mass is 10.1. The van der Waals surface area contributed by atoms with E-state index >= 15 is 0 Å². The molecule has 0 radical (unpaired) electrons. The highest BCUT2D eigenvalue weighted by molar-refractivity contribution is 5.79. The van der Waals surface area contributed by atoms with E-state index in [1.807, 2.05) is 0 Å². The van der Waals surface area contributed by atoms with Crippen LogP contribution in [0.2, 0.25) is 0 Å². The van der Waals surface area contributed by atoms with E-state index in [1.165, 1.54) is 7.11 Å². The van der Waals surface area contributed by atoms with Crippen molar-refractivity contribution in [2.75, 3.05) is 26.7 Å². The molecule has 1 fully saturated rings. The van der Waals surface area contributed by atoms with Crippen LogP contribution in [0.1, 0.15) is 12.8 Å². The third-order valence-electron chi connectivity index (χ3n) is 2.67. The number of carboxylic acid groups (broad SMARTS) is 1. The Bertz CT molecular complexity index is 251. The molecule has 0 aliphatic carbocycles. The number of hydrogen-bond acceptors (Lipinski definition) is 4. The zero-order valence-electron chi connectivity index (χ0n) is 9.36. The van der Waals surface area contributed by atoms with E-state index < -0.39 is 12.1 Å². The molecule has 0 spiro atoms. The maximum Gasteiger partial charge on any atom is 0.306 e. The van der Waals surface area contributed by atoms with Gasteiger partial charge in [0.2, 0.25) is 5.91 Å². The highest BCUT2D eigenvalue weighted by atomic mass is 16.5. The monoisotopic (exact) mass is 230 g/mol. The molecule has 16 heavy (non-hydrogen) atoms. The van der Waals surface area contributed by atoms with Crippen LogP contribution in [0.15, 0.2) is 0 Å². The number of carbonyl (C=O) groups is 2. The van der Waals surface area contributed by atoms with Crippen LogP contribution in [-0.4, -0.2) is 49.8 Å². The van der Waals surface area contributed by atoms with Gasteiger partial charge in [-0.25, -0.2) is 0 Å². The fourth-order valence-electron chi connectivity index (χ4n) is 1.67. The van der Waals surface area contributed by atoms with Crippen LogP contribution in [-0.2, 0) is 14.3 Å². The number of nitrogens with one attached hydrogen (secondary N) is 2.